The van der Waals surface area contributed by atoms with Crippen LogP contribution in [0.3, 0.4) is 0 Å². The molecule has 15 heavy (non-hydrogen) atoms. The van der Waals surface area contributed by atoms with Crippen molar-refractivity contribution in [2.24, 2.45) is 0 Å². The van der Waals surface area contributed by atoms with E-state index in [2.05, 4.69) is 0 Å². The number of carbonyl (C=O) groups excluding carboxylic acids is 1. The number of rotatable bonds is 3. The Morgan fingerprint density at radius 3 is 2.07 bits per heavy atom. The molecule has 1 fully saturated rings. The second-order valence-electron chi connectivity index (χ2n) is 4.55. The van der Waals surface area contributed by atoms with Crippen LogP contribution in [0.1, 0.15) is 26.7 Å². The first kappa shape index (κ1) is 11.8. The highest BCUT2D eigenvalue weighted by atomic mass is 16.4. The van der Waals surface area contributed by atoms with Gasteiger partial charge in [-0.2, -0.15) is 0 Å². The van der Waals surface area contributed by atoms with E-state index in [1.807, 2.05) is 0 Å². The van der Waals surface area contributed by atoms with Gasteiger partial charge in [0.15, 0.2) is 0 Å². The highest BCUT2D eigenvalue weighted by Gasteiger charge is 2.39. The van der Waals surface area contributed by atoms with Crippen LogP contribution in [0.15, 0.2) is 0 Å². The predicted molar refractivity (Wildman–Crippen MR) is 55.7 cm³/mol. The molecule has 0 bridgehead atoms. The van der Waals surface area contributed by atoms with Gasteiger partial charge in [0.05, 0.1) is 0 Å². The number of likely N-dealkylation sites (N-methyl/N-ethyl adjacent to an activating group) is 1. The van der Waals surface area contributed by atoms with Crippen molar-refractivity contribution >= 4 is 12.0 Å². The number of hydrogen-bond donors (Lipinski definition) is 1. The van der Waals surface area contributed by atoms with Crippen LogP contribution < -0.4 is 0 Å². The Bertz CT molecular complexity index is 284. The second-order valence-corrected chi connectivity index (χ2v) is 4.55. The summed E-state index contributed by atoms with van der Waals surface area (Å²) < 4.78 is 0. The molecule has 0 aromatic heterocycles. The molecule has 0 aromatic rings. The van der Waals surface area contributed by atoms with E-state index in [1.165, 1.54) is 25.8 Å². The maximum absolute atomic E-state index is 11.9. The lowest BCUT2D eigenvalue weighted by Gasteiger charge is -2.34. The van der Waals surface area contributed by atoms with Gasteiger partial charge in [-0.15, -0.1) is 0 Å². The van der Waals surface area contributed by atoms with E-state index in [0.29, 0.717) is 6.04 Å². The molecular weight excluding hydrogens is 196 g/mol. The number of carbonyl (C=O) groups is 2. The molecule has 0 aliphatic heterocycles. The number of nitrogens with zero attached hydrogens (tertiary/aromatic N) is 2. The summed E-state index contributed by atoms with van der Waals surface area (Å²) >= 11 is 0. The molecule has 1 rings (SSSR count). The third-order valence-electron chi connectivity index (χ3n) is 3.05. The Balaban J connectivity index is 2.70. The van der Waals surface area contributed by atoms with Crippen molar-refractivity contribution in [1.29, 1.82) is 0 Å². The van der Waals surface area contributed by atoms with E-state index in [0.717, 1.165) is 12.8 Å². The minimum atomic E-state index is -1.17. The smallest absolute Gasteiger partial charge is 0.329 e. The quantitative estimate of drug-likeness (QED) is 0.762. The Kier molecular flexibility index (Phi) is 2.93. The summed E-state index contributed by atoms with van der Waals surface area (Å²) in [6.45, 7) is 3.04. The average molecular weight is 214 g/mol. The first-order chi connectivity index (χ1) is 6.78. The first-order valence-corrected chi connectivity index (χ1v) is 5.02. The zero-order chi connectivity index (χ0) is 11.8. The second kappa shape index (κ2) is 3.72. The molecule has 0 radical (unpaired) electrons. The highest BCUT2D eigenvalue weighted by Crippen LogP contribution is 2.27. The molecule has 1 aliphatic rings. The SMILES string of the molecule is CN(C(=O)N(C)C(C)(C)C(=O)O)C1CC1. The molecule has 5 nitrogen and oxygen atoms in total. The molecule has 0 saturated heterocycles. The van der Waals surface area contributed by atoms with Gasteiger partial charge in [0.25, 0.3) is 0 Å². The molecule has 1 saturated carbocycles. The zero-order valence-corrected chi connectivity index (χ0v) is 9.65. The lowest BCUT2D eigenvalue weighted by molar-refractivity contribution is -0.147. The lowest BCUT2D eigenvalue weighted by atomic mass is 10.0. The summed E-state index contributed by atoms with van der Waals surface area (Å²) in [6, 6.07) is 0.0643. The topological polar surface area (TPSA) is 60.9 Å². The number of amides is 2. The van der Waals surface area contributed by atoms with Crippen LogP contribution >= 0.6 is 0 Å². The summed E-state index contributed by atoms with van der Waals surface area (Å²) in [6.07, 6.45) is 2.03. The molecule has 1 aliphatic carbocycles. The van der Waals surface area contributed by atoms with E-state index in [9.17, 15) is 9.59 Å². The fourth-order valence-corrected chi connectivity index (χ4v) is 1.24. The normalized spacial score (nSPS) is 16.0. The Morgan fingerprint density at radius 2 is 1.73 bits per heavy atom. The van der Waals surface area contributed by atoms with Crippen LogP contribution in [0.4, 0.5) is 4.79 Å². The van der Waals surface area contributed by atoms with Crippen LogP contribution in [-0.4, -0.2) is 52.6 Å². The zero-order valence-electron chi connectivity index (χ0n) is 9.65. The van der Waals surface area contributed by atoms with Crippen LogP contribution in [-0.2, 0) is 4.79 Å². The van der Waals surface area contributed by atoms with Crippen LogP contribution in [0, 0.1) is 0 Å². The average Bonchev–Trinajstić information content (AvgIpc) is 2.97. The minimum absolute atomic E-state index is 0.232. The summed E-state index contributed by atoms with van der Waals surface area (Å²) in [7, 11) is 3.24. The summed E-state index contributed by atoms with van der Waals surface area (Å²) in [5.74, 6) is -0.998. The van der Waals surface area contributed by atoms with Gasteiger partial charge in [-0.25, -0.2) is 9.59 Å². The molecule has 0 heterocycles. The van der Waals surface area contributed by atoms with Crippen molar-refractivity contribution in [3.05, 3.63) is 0 Å². The molecule has 2 amide bonds. The van der Waals surface area contributed by atoms with Crippen molar-refractivity contribution in [2.45, 2.75) is 38.3 Å². The van der Waals surface area contributed by atoms with Crippen molar-refractivity contribution in [3.63, 3.8) is 0 Å². The van der Waals surface area contributed by atoms with E-state index in [4.69, 9.17) is 5.11 Å². The Labute approximate surface area is 89.7 Å². The van der Waals surface area contributed by atoms with Gasteiger partial charge in [0, 0.05) is 20.1 Å². The molecule has 86 valence electrons. The number of carboxylic acid groups (broad SMARTS) is 1. The lowest BCUT2D eigenvalue weighted by Crippen LogP contribution is -2.54. The van der Waals surface area contributed by atoms with Gasteiger partial charge in [-0.3, -0.25) is 0 Å². The first-order valence-electron chi connectivity index (χ1n) is 5.02. The van der Waals surface area contributed by atoms with E-state index in [-0.39, 0.29) is 6.03 Å². The Hall–Kier alpha value is -1.26. The molecule has 0 atom stereocenters. The van der Waals surface area contributed by atoms with Gasteiger partial charge in [0.2, 0.25) is 0 Å². The third kappa shape index (κ3) is 2.22. The van der Waals surface area contributed by atoms with Crippen LogP contribution in [0.2, 0.25) is 0 Å². The summed E-state index contributed by atoms with van der Waals surface area (Å²) in [5, 5.41) is 8.98. The van der Waals surface area contributed by atoms with Crippen molar-refractivity contribution in [3.8, 4) is 0 Å². The van der Waals surface area contributed by atoms with E-state index < -0.39 is 11.5 Å². The van der Waals surface area contributed by atoms with Crippen molar-refractivity contribution in [2.75, 3.05) is 14.1 Å². The number of aliphatic carboxylic acids is 1. The standard InChI is InChI=1S/C10H18N2O3/c1-10(2,8(13)14)12(4)9(15)11(3)7-5-6-7/h7H,5-6H2,1-4H3,(H,13,14). The fraction of sp³-hybridized carbons (Fsp3) is 0.800. The summed E-state index contributed by atoms with van der Waals surface area (Å²) in [4.78, 5) is 25.7. The van der Waals surface area contributed by atoms with Crippen molar-refractivity contribution < 1.29 is 14.7 Å². The summed E-state index contributed by atoms with van der Waals surface area (Å²) in [5.41, 5.74) is -1.17. The Morgan fingerprint density at radius 1 is 1.27 bits per heavy atom. The van der Waals surface area contributed by atoms with E-state index in [1.54, 1.807) is 11.9 Å². The van der Waals surface area contributed by atoms with Gasteiger partial charge >= 0.3 is 12.0 Å². The van der Waals surface area contributed by atoms with Crippen molar-refractivity contribution in [1.82, 2.24) is 9.80 Å². The third-order valence-corrected chi connectivity index (χ3v) is 3.05. The number of carboxylic acids is 1. The molecular formula is C10H18N2O3. The largest absolute Gasteiger partial charge is 0.480 e. The molecule has 0 aromatic carbocycles. The molecule has 5 heteroatoms. The maximum atomic E-state index is 11.9. The predicted octanol–water partition coefficient (Wildman–Crippen LogP) is 0.996. The number of urea groups is 1. The maximum Gasteiger partial charge on any atom is 0.329 e. The van der Waals surface area contributed by atoms with Gasteiger partial charge in [0.1, 0.15) is 5.54 Å². The van der Waals surface area contributed by atoms with E-state index >= 15 is 0 Å². The highest BCUT2D eigenvalue weighted by molar-refractivity contribution is 5.85. The van der Waals surface area contributed by atoms with Crippen LogP contribution in [0.25, 0.3) is 0 Å². The van der Waals surface area contributed by atoms with Gasteiger partial charge in [-0.05, 0) is 26.7 Å². The molecule has 0 unspecified atom stereocenters. The van der Waals surface area contributed by atoms with Gasteiger partial charge in [-0.1, -0.05) is 0 Å². The monoisotopic (exact) mass is 214 g/mol. The number of hydrogen-bond acceptors (Lipinski definition) is 2. The molecule has 0 spiro atoms. The fourth-order valence-electron chi connectivity index (χ4n) is 1.24. The minimum Gasteiger partial charge on any atom is -0.480 e. The van der Waals surface area contributed by atoms with Gasteiger partial charge < -0.3 is 14.9 Å². The van der Waals surface area contributed by atoms with Crippen LogP contribution in [0.5, 0.6) is 0 Å². The molecule has 1 N–H and O–H groups in total.